The van der Waals surface area contributed by atoms with Crippen LogP contribution in [-0.4, -0.2) is 40.5 Å². The van der Waals surface area contributed by atoms with Gasteiger partial charge in [-0.3, -0.25) is 4.79 Å². The van der Waals surface area contributed by atoms with Gasteiger partial charge in [0.25, 0.3) is 5.91 Å². The van der Waals surface area contributed by atoms with Crippen molar-refractivity contribution in [1.82, 2.24) is 20.5 Å². The summed E-state index contributed by atoms with van der Waals surface area (Å²) in [4.78, 5) is 32.4. The third-order valence-electron chi connectivity index (χ3n) is 10.3. The molecule has 2 aliphatic heterocycles. The molecule has 0 radical (unpaired) electrons. The molecule has 3 atom stereocenters. The standard InChI is InChI=1S/C39H33F6N5O3/c1-20-12-23(15-26(13-20)39(43,44)45)33-32-9-8-31(50(32)36(52)48-33)29-17-25(38(40,41)42)5-7-28(29)30-16-24(18-47-35(30)53-3)27-6-4-22(14-21(27)2)34(51)49-37(19-46)10-11-37/h4-7,12-18,31-33H,8-11H2,1-3H3,(H,48,52)(H,49,51)/t31-,32-,33+/m0/s1. The Kier molecular flexibility index (Phi) is 8.66. The van der Waals surface area contributed by atoms with E-state index in [1.54, 1.807) is 43.5 Å². The van der Waals surface area contributed by atoms with E-state index in [2.05, 4.69) is 21.7 Å². The van der Waals surface area contributed by atoms with E-state index in [1.807, 2.05) is 0 Å². The number of ether oxygens (including phenoxy) is 1. The minimum Gasteiger partial charge on any atom is -0.481 e. The fraction of sp³-hybridized carbons (Fsp3) is 0.333. The van der Waals surface area contributed by atoms with Crippen LogP contribution in [0.1, 0.15) is 81.5 Å². The number of amides is 3. The molecule has 8 nitrogen and oxygen atoms in total. The van der Waals surface area contributed by atoms with Crippen molar-refractivity contribution in [2.45, 2.75) is 75.5 Å². The summed E-state index contributed by atoms with van der Waals surface area (Å²) in [6.07, 6.45) is -6.03. The maximum atomic E-state index is 14.2. The number of benzene rings is 3. The number of urea groups is 1. The minimum atomic E-state index is -4.71. The Labute approximate surface area is 300 Å². The van der Waals surface area contributed by atoms with Crippen LogP contribution in [0.5, 0.6) is 5.88 Å². The summed E-state index contributed by atoms with van der Waals surface area (Å²) < 4.78 is 89.3. The van der Waals surface area contributed by atoms with Crippen LogP contribution in [0.2, 0.25) is 0 Å². The Hall–Kier alpha value is -5.58. The van der Waals surface area contributed by atoms with Crippen LogP contribution in [0.4, 0.5) is 31.1 Å². The Bertz CT molecular complexity index is 2190. The lowest BCUT2D eigenvalue weighted by molar-refractivity contribution is -0.138. The lowest BCUT2D eigenvalue weighted by Gasteiger charge is -2.27. The fourth-order valence-corrected chi connectivity index (χ4v) is 7.55. The zero-order valence-corrected chi connectivity index (χ0v) is 28.7. The van der Waals surface area contributed by atoms with E-state index in [-0.39, 0.29) is 29.3 Å². The molecule has 3 amide bonds. The smallest absolute Gasteiger partial charge is 0.416 e. The van der Waals surface area contributed by atoms with Crippen molar-refractivity contribution in [3.63, 3.8) is 0 Å². The number of hydrogen-bond donors (Lipinski definition) is 2. The Morgan fingerprint density at radius 2 is 1.66 bits per heavy atom. The summed E-state index contributed by atoms with van der Waals surface area (Å²) >= 11 is 0. The summed E-state index contributed by atoms with van der Waals surface area (Å²) in [5.41, 5.74) is 1.20. The van der Waals surface area contributed by atoms with E-state index >= 15 is 0 Å². The van der Waals surface area contributed by atoms with Crippen LogP contribution in [0.3, 0.4) is 0 Å². The van der Waals surface area contributed by atoms with Gasteiger partial charge in [-0.05, 0) is 110 Å². The van der Waals surface area contributed by atoms with E-state index in [9.17, 15) is 41.2 Å². The van der Waals surface area contributed by atoms with Crippen molar-refractivity contribution in [2.24, 2.45) is 0 Å². The molecule has 0 bridgehead atoms. The van der Waals surface area contributed by atoms with Crippen molar-refractivity contribution in [3.8, 4) is 34.2 Å². The number of methoxy groups -OCH3 is 1. The molecule has 274 valence electrons. The number of rotatable bonds is 7. The molecule has 1 aromatic heterocycles. The van der Waals surface area contributed by atoms with Gasteiger partial charge in [0.2, 0.25) is 5.88 Å². The third kappa shape index (κ3) is 6.64. The van der Waals surface area contributed by atoms with E-state index in [0.29, 0.717) is 58.2 Å². The molecule has 3 aliphatic rings. The van der Waals surface area contributed by atoms with Crippen LogP contribution in [0.15, 0.2) is 66.9 Å². The molecule has 1 saturated carbocycles. The van der Waals surface area contributed by atoms with Gasteiger partial charge in [-0.2, -0.15) is 31.6 Å². The zero-order valence-electron chi connectivity index (χ0n) is 28.7. The highest BCUT2D eigenvalue weighted by atomic mass is 19.4. The van der Waals surface area contributed by atoms with E-state index in [0.717, 1.165) is 24.3 Å². The molecule has 7 rings (SSSR count). The summed E-state index contributed by atoms with van der Waals surface area (Å²) in [5.74, 6) is -0.264. The lowest BCUT2D eigenvalue weighted by atomic mass is 9.90. The number of halogens is 6. The molecule has 2 saturated heterocycles. The van der Waals surface area contributed by atoms with Gasteiger partial charge < -0.3 is 20.3 Å². The Morgan fingerprint density at radius 3 is 2.30 bits per heavy atom. The molecule has 2 N–H and O–H groups in total. The van der Waals surface area contributed by atoms with Crippen molar-refractivity contribution < 1.29 is 40.7 Å². The van der Waals surface area contributed by atoms with Gasteiger partial charge in [0.1, 0.15) is 5.54 Å². The first-order valence-electron chi connectivity index (χ1n) is 16.9. The average molecular weight is 734 g/mol. The number of nitriles is 1. The number of pyridine rings is 1. The monoisotopic (exact) mass is 733 g/mol. The van der Waals surface area contributed by atoms with Gasteiger partial charge in [-0.25, -0.2) is 9.78 Å². The SMILES string of the molecule is COc1ncc(-c2ccc(C(=O)NC3(C#N)CC3)cc2C)cc1-c1ccc(C(F)(F)F)cc1[C@@H]1CC[C@H]2[C@@H](c3cc(C)cc(C(F)(F)F)c3)NC(=O)N12. The number of carbonyl (C=O) groups is 2. The second-order valence-corrected chi connectivity index (χ2v) is 13.9. The highest BCUT2D eigenvalue weighted by Gasteiger charge is 2.50. The van der Waals surface area contributed by atoms with Gasteiger partial charge in [0.15, 0.2) is 0 Å². The average Bonchev–Trinajstić information content (AvgIpc) is 3.61. The number of alkyl halides is 6. The predicted octanol–water partition coefficient (Wildman–Crippen LogP) is 8.83. The van der Waals surface area contributed by atoms with Crippen LogP contribution >= 0.6 is 0 Å². The molecule has 4 aromatic rings. The topological polar surface area (TPSA) is 107 Å². The first-order chi connectivity index (χ1) is 25.0. The maximum Gasteiger partial charge on any atom is 0.416 e. The Balaban J connectivity index is 1.27. The van der Waals surface area contributed by atoms with Crippen molar-refractivity contribution in [2.75, 3.05) is 7.11 Å². The zero-order chi connectivity index (χ0) is 38.0. The highest BCUT2D eigenvalue weighted by molar-refractivity contribution is 5.96. The van der Waals surface area contributed by atoms with Gasteiger partial charge >= 0.3 is 18.4 Å². The molecule has 0 unspecified atom stereocenters. The molecule has 53 heavy (non-hydrogen) atoms. The first kappa shape index (κ1) is 35.8. The van der Waals surface area contributed by atoms with Crippen molar-refractivity contribution in [1.29, 1.82) is 5.26 Å². The highest BCUT2D eigenvalue weighted by Crippen LogP contribution is 2.49. The minimum absolute atomic E-state index is 0.118. The molecule has 1 aliphatic carbocycles. The molecule has 0 spiro atoms. The first-order valence-corrected chi connectivity index (χ1v) is 16.9. The third-order valence-corrected chi connectivity index (χ3v) is 10.3. The van der Waals surface area contributed by atoms with Gasteiger partial charge in [0.05, 0.1) is 42.4 Å². The van der Waals surface area contributed by atoms with Crippen LogP contribution in [0.25, 0.3) is 22.3 Å². The summed E-state index contributed by atoms with van der Waals surface area (Å²) in [7, 11) is 1.38. The summed E-state index contributed by atoms with van der Waals surface area (Å²) in [6.45, 7) is 3.32. The number of carbonyl (C=O) groups excluding carboxylic acids is 2. The van der Waals surface area contributed by atoms with E-state index in [1.165, 1.54) is 25.0 Å². The van der Waals surface area contributed by atoms with Crippen molar-refractivity contribution in [3.05, 3.63) is 106 Å². The van der Waals surface area contributed by atoms with E-state index in [4.69, 9.17) is 4.74 Å². The summed E-state index contributed by atoms with van der Waals surface area (Å²) in [5, 5.41) is 14.9. The maximum absolute atomic E-state index is 14.2. The number of aryl methyl sites for hydroxylation is 2. The predicted molar refractivity (Wildman–Crippen MR) is 181 cm³/mol. The van der Waals surface area contributed by atoms with Crippen LogP contribution < -0.4 is 15.4 Å². The molecular weight excluding hydrogens is 700 g/mol. The normalized spacial score (nSPS) is 20.4. The second-order valence-electron chi connectivity index (χ2n) is 13.9. The number of aromatic nitrogens is 1. The van der Waals surface area contributed by atoms with Gasteiger partial charge in [-0.15, -0.1) is 0 Å². The molecule has 3 heterocycles. The van der Waals surface area contributed by atoms with E-state index < -0.39 is 53.2 Å². The van der Waals surface area contributed by atoms with Gasteiger partial charge in [-0.1, -0.05) is 23.8 Å². The molecule has 3 fully saturated rings. The Morgan fingerprint density at radius 1 is 0.943 bits per heavy atom. The number of hydrogen-bond acceptors (Lipinski definition) is 5. The largest absolute Gasteiger partial charge is 0.481 e. The van der Waals surface area contributed by atoms with Crippen LogP contribution in [-0.2, 0) is 12.4 Å². The van der Waals surface area contributed by atoms with Crippen molar-refractivity contribution >= 4 is 11.9 Å². The second kappa shape index (κ2) is 12.8. The van der Waals surface area contributed by atoms with Gasteiger partial charge in [0, 0.05) is 22.9 Å². The number of nitrogens with one attached hydrogen (secondary N) is 2. The quantitative estimate of drug-likeness (QED) is 0.185. The fourth-order valence-electron chi connectivity index (χ4n) is 7.55. The molecule has 14 heteroatoms. The number of nitrogens with zero attached hydrogens (tertiary/aromatic N) is 3. The molecular formula is C39H33F6N5O3. The number of fused-ring (bicyclic) bond motifs is 1. The molecule has 3 aromatic carbocycles. The lowest BCUT2D eigenvalue weighted by Crippen LogP contribution is -2.35. The summed E-state index contributed by atoms with van der Waals surface area (Å²) in [6, 6.07) is 12.9. The van der Waals surface area contributed by atoms with Crippen LogP contribution in [0, 0.1) is 25.2 Å².